The summed E-state index contributed by atoms with van der Waals surface area (Å²) in [6.45, 7) is 12.0. The molecule has 5 nitrogen and oxygen atoms in total. The zero-order chi connectivity index (χ0) is 24.9. The first kappa shape index (κ1) is 27.6. The van der Waals surface area contributed by atoms with Crippen LogP contribution in [0.1, 0.15) is 86.0 Å². The second kappa shape index (κ2) is 14.5. The number of rotatable bonds is 15. The van der Waals surface area contributed by atoms with E-state index in [1.165, 1.54) is 36.8 Å². The standard InChI is InChI=1S/C29H44N2O3/c1-6-8-9-10-11-12-19-33-28-27(34-20-18-23(5)15-13-14-22(3)4)25-17-16-24(30)21-26(25)31(7-2)29(28)32/h14,16-18,21H,6-13,15,19-20,30H2,1-5H3/b23-18+. The van der Waals surface area contributed by atoms with Crippen LogP contribution in [0.2, 0.25) is 0 Å². The van der Waals surface area contributed by atoms with Gasteiger partial charge >= 0.3 is 0 Å². The van der Waals surface area contributed by atoms with Gasteiger partial charge in [-0.05, 0) is 71.2 Å². The lowest BCUT2D eigenvalue weighted by atomic mass is 10.1. The van der Waals surface area contributed by atoms with E-state index < -0.39 is 0 Å². The van der Waals surface area contributed by atoms with Crippen molar-refractivity contribution in [1.82, 2.24) is 4.57 Å². The quantitative estimate of drug-likeness (QED) is 0.168. The number of nitrogens with two attached hydrogens (primary N) is 1. The Kier molecular flexibility index (Phi) is 11.8. The summed E-state index contributed by atoms with van der Waals surface area (Å²) < 4.78 is 14.0. The molecule has 0 saturated carbocycles. The average Bonchev–Trinajstić information content (AvgIpc) is 2.79. The summed E-state index contributed by atoms with van der Waals surface area (Å²) in [7, 11) is 0. The summed E-state index contributed by atoms with van der Waals surface area (Å²) in [6.07, 6.45) is 13.3. The zero-order valence-corrected chi connectivity index (χ0v) is 21.9. The molecule has 0 fully saturated rings. The van der Waals surface area contributed by atoms with E-state index in [2.05, 4.69) is 39.8 Å². The van der Waals surface area contributed by atoms with Gasteiger partial charge in [-0.25, -0.2) is 0 Å². The predicted molar refractivity (Wildman–Crippen MR) is 145 cm³/mol. The number of nitrogen functional groups attached to an aromatic ring is 1. The molecule has 34 heavy (non-hydrogen) atoms. The van der Waals surface area contributed by atoms with Gasteiger partial charge in [0.15, 0.2) is 5.75 Å². The van der Waals surface area contributed by atoms with Gasteiger partial charge < -0.3 is 19.8 Å². The number of nitrogens with zero attached hydrogens (tertiary/aromatic N) is 1. The molecule has 0 spiro atoms. The topological polar surface area (TPSA) is 66.5 Å². The largest absolute Gasteiger partial charge is 0.485 e. The molecule has 1 heterocycles. The Morgan fingerprint density at radius 1 is 0.971 bits per heavy atom. The Bertz CT molecular complexity index is 1030. The number of fused-ring (bicyclic) bond motifs is 1. The van der Waals surface area contributed by atoms with Crippen LogP contribution in [0.25, 0.3) is 10.9 Å². The van der Waals surface area contributed by atoms with Crippen LogP contribution in [0.5, 0.6) is 11.5 Å². The van der Waals surface area contributed by atoms with Crippen molar-refractivity contribution in [3.8, 4) is 11.5 Å². The average molecular weight is 469 g/mol. The molecule has 0 bridgehead atoms. The molecule has 0 amide bonds. The first-order valence-corrected chi connectivity index (χ1v) is 12.9. The smallest absolute Gasteiger partial charge is 0.297 e. The number of pyridine rings is 1. The minimum atomic E-state index is -0.161. The Balaban J connectivity index is 2.25. The lowest BCUT2D eigenvalue weighted by Crippen LogP contribution is -2.23. The van der Waals surface area contributed by atoms with Gasteiger partial charge in [-0.2, -0.15) is 0 Å². The molecule has 0 unspecified atom stereocenters. The monoisotopic (exact) mass is 468 g/mol. The molecule has 0 aliphatic heterocycles. The summed E-state index contributed by atoms with van der Waals surface area (Å²) in [4.78, 5) is 13.3. The molecular weight excluding hydrogens is 424 g/mol. The lowest BCUT2D eigenvalue weighted by molar-refractivity contribution is 0.272. The van der Waals surface area contributed by atoms with Crippen LogP contribution in [-0.4, -0.2) is 17.8 Å². The summed E-state index contributed by atoms with van der Waals surface area (Å²) in [5.74, 6) is 0.826. The molecule has 5 heteroatoms. The molecule has 2 N–H and O–H groups in total. The number of aromatic nitrogens is 1. The van der Waals surface area contributed by atoms with Crippen LogP contribution in [0, 0.1) is 0 Å². The molecule has 0 aliphatic rings. The van der Waals surface area contributed by atoms with E-state index in [4.69, 9.17) is 15.2 Å². The van der Waals surface area contributed by atoms with Crippen LogP contribution in [0.15, 0.2) is 46.3 Å². The fraction of sp³-hybridized carbons (Fsp3) is 0.552. The minimum Gasteiger partial charge on any atom is -0.485 e. The van der Waals surface area contributed by atoms with Crippen LogP contribution >= 0.6 is 0 Å². The van der Waals surface area contributed by atoms with E-state index in [1.807, 2.05) is 25.1 Å². The van der Waals surface area contributed by atoms with Crippen LogP contribution in [-0.2, 0) is 6.54 Å². The summed E-state index contributed by atoms with van der Waals surface area (Å²) in [6, 6.07) is 5.61. The number of aryl methyl sites for hydroxylation is 1. The van der Waals surface area contributed by atoms with Gasteiger partial charge in [0.25, 0.3) is 5.56 Å². The third-order valence-corrected chi connectivity index (χ3v) is 6.01. The molecule has 0 aliphatic carbocycles. The van der Waals surface area contributed by atoms with E-state index in [9.17, 15) is 4.79 Å². The highest BCUT2D eigenvalue weighted by Gasteiger charge is 2.19. The molecule has 1 aromatic heterocycles. The van der Waals surface area contributed by atoms with E-state index in [0.29, 0.717) is 36.9 Å². The highest BCUT2D eigenvalue weighted by Crippen LogP contribution is 2.34. The number of anilines is 1. The fourth-order valence-electron chi connectivity index (χ4n) is 4.01. The first-order valence-electron chi connectivity index (χ1n) is 12.9. The normalized spacial score (nSPS) is 11.6. The summed E-state index contributed by atoms with van der Waals surface area (Å²) in [5.41, 5.74) is 9.87. The van der Waals surface area contributed by atoms with Crippen molar-refractivity contribution in [2.45, 2.75) is 92.5 Å². The SMILES string of the molecule is CCCCCCCCOc1c(OC/C=C(\C)CCC=C(C)C)c2ccc(N)cc2n(CC)c1=O. The van der Waals surface area contributed by atoms with Crippen molar-refractivity contribution < 1.29 is 9.47 Å². The van der Waals surface area contributed by atoms with Gasteiger partial charge in [-0.15, -0.1) is 0 Å². The molecule has 0 saturated heterocycles. The predicted octanol–water partition coefficient (Wildman–Crippen LogP) is 7.41. The summed E-state index contributed by atoms with van der Waals surface area (Å²) >= 11 is 0. The molecule has 188 valence electrons. The van der Waals surface area contributed by atoms with E-state index in [0.717, 1.165) is 36.6 Å². The summed E-state index contributed by atoms with van der Waals surface area (Å²) in [5, 5.41) is 0.851. The van der Waals surface area contributed by atoms with Gasteiger partial charge in [0.1, 0.15) is 6.61 Å². The Morgan fingerprint density at radius 2 is 1.71 bits per heavy atom. The van der Waals surface area contributed by atoms with Gasteiger partial charge in [0.05, 0.1) is 12.1 Å². The molecule has 1 aromatic carbocycles. The Labute approximate surface area is 205 Å². The zero-order valence-electron chi connectivity index (χ0n) is 21.9. The highest BCUT2D eigenvalue weighted by molar-refractivity contribution is 5.90. The van der Waals surface area contributed by atoms with Crippen molar-refractivity contribution in [2.24, 2.45) is 0 Å². The van der Waals surface area contributed by atoms with Crippen LogP contribution < -0.4 is 20.8 Å². The maximum Gasteiger partial charge on any atom is 0.297 e. The van der Waals surface area contributed by atoms with Crippen molar-refractivity contribution >= 4 is 16.6 Å². The van der Waals surface area contributed by atoms with E-state index >= 15 is 0 Å². The third kappa shape index (κ3) is 8.27. The second-order valence-corrected chi connectivity index (χ2v) is 9.28. The number of hydrogen-bond acceptors (Lipinski definition) is 4. The Morgan fingerprint density at radius 3 is 2.41 bits per heavy atom. The number of unbranched alkanes of at least 4 members (excludes halogenated alkanes) is 5. The van der Waals surface area contributed by atoms with Crippen molar-refractivity contribution in [1.29, 1.82) is 0 Å². The molecule has 0 atom stereocenters. The molecule has 0 radical (unpaired) electrons. The van der Waals surface area contributed by atoms with Crippen LogP contribution in [0.4, 0.5) is 5.69 Å². The van der Waals surface area contributed by atoms with Gasteiger partial charge in [-0.3, -0.25) is 4.79 Å². The molecule has 2 aromatic rings. The maximum atomic E-state index is 13.3. The van der Waals surface area contributed by atoms with E-state index in [1.54, 1.807) is 4.57 Å². The van der Waals surface area contributed by atoms with Crippen molar-refractivity contribution in [3.05, 3.63) is 51.9 Å². The van der Waals surface area contributed by atoms with Crippen molar-refractivity contribution in [2.75, 3.05) is 18.9 Å². The number of benzene rings is 1. The molecular formula is C29H44N2O3. The third-order valence-electron chi connectivity index (χ3n) is 6.01. The van der Waals surface area contributed by atoms with Gasteiger partial charge in [0, 0.05) is 17.6 Å². The van der Waals surface area contributed by atoms with Gasteiger partial charge in [0.2, 0.25) is 5.75 Å². The Hall–Kier alpha value is -2.69. The van der Waals surface area contributed by atoms with E-state index in [-0.39, 0.29) is 5.56 Å². The number of hydrogen-bond donors (Lipinski definition) is 1. The fourth-order valence-corrected chi connectivity index (χ4v) is 4.01. The minimum absolute atomic E-state index is 0.161. The highest BCUT2D eigenvalue weighted by atomic mass is 16.5. The number of ether oxygens (including phenoxy) is 2. The van der Waals surface area contributed by atoms with Gasteiger partial charge in [-0.1, -0.05) is 56.3 Å². The maximum absolute atomic E-state index is 13.3. The number of allylic oxidation sites excluding steroid dienone is 3. The second-order valence-electron chi connectivity index (χ2n) is 9.28. The first-order chi connectivity index (χ1) is 16.4. The molecule has 2 rings (SSSR count). The lowest BCUT2D eigenvalue weighted by Gasteiger charge is -2.18. The van der Waals surface area contributed by atoms with Crippen molar-refractivity contribution in [3.63, 3.8) is 0 Å². The van der Waals surface area contributed by atoms with Crippen LogP contribution in [0.3, 0.4) is 0 Å².